The molecule has 0 saturated carbocycles. The molecule has 2 aliphatic rings. The van der Waals surface area contributed by atoms with Crippen LogP contribution in [-0.2, 0) is 6.54 Å². The first-order valence-electron chi connectivity index (χ1n) is 7.96. The van der Waals surface area contributed by atoms with Crippen LogP contribution >= 0.6 is 0 Å². The maximum absolute atomic E-state index is 4.61. The molecule has 3 rings (SSSR count). The molecule has 4 heteroatoms. The molecule has 1 aliphatic carbocycles. The number of allylic oxidation sites excluding steroid dienone is 1. The van der Waals surface area contributed by atoms with E-state index in [2.05, 4.69) is 40.0 Å². The number of rotatable bonds is 3. The molecule has 0 saturated heterocycles. The molecule has 2 heterocycles. The minimum absolute atomic E-state index is 0.381. The van der Waals surface area contributed by atoms with Gasteiger partial charge in [-0.2, -0.15) is 5.10 Å². The number of nitrogens with one attached hydrogen (secondary N) is 1. The summed E-state index contributed by atoms with van der Waals surface area (Å²) in [6, 6.07) is 0.381. The summed E-state index contributed by atoms with van der Waals surface area (Å²) in [7, 11) is 0. The SMILES string of the molecule is CC1=CCC[C@H](C)[C@@H]1CN[C@@H]1CCCn2nc(C)nc21. The summed E-state index contributed by atoms with van der Waals surface area (Å²) in [5.41, 5.74) is 1.56. The predicted molar refractivity (Wildman–Crippen MR) is 80.4 cm³/mol. The Labute approximate surface area is 121 Å². The van der Waals surface area contributed by atoms with E-state index in [1.165, 1.54) is 25.7 Å². The minimum Gasteiger partial charge on any atom is -0.307 e. The van der Waals surface area contributed by atoms with Gasteiger partial charge in [-0.25, -0.2) is 9.67 Å². The van der Waals surface area contributed by atoms with Gasteiger partial charge in [-0.05, 0) is 51.4 Å². The fourth-order valence-electron chi connectivity index (χ4n) is 3.67. The number of aromatic nitrogens is 3. The molecule has 3 atom stereocenters. The molecule has 0 amide bonds. The highest BCUT2D eigenvalue weighted by atomic mass is 15.4. The maximum atomic E-state index is 4.61. The molecule has 4 nitrogen and oxygen atoms in total. The summed E-state index contributed by atoms with van der Waals surface area (Å²) in [5.74, 6) is 3.51. The van der Waals surface area contributed by atoms with E-state index in [9.17, 15) is 0 Å². The van der Waals surface area contributed by atoms with Gasteiger partial charge in [0.25, 0.3) is 0 Å². The van der Waals surface area contributed by atoms with Gasteiger partial charge in [-0.3, -0.25) is 0 Å². The Morgan fingerprint density at radius 3 is 3.00 bits per heavy atom. The van der Waals surface area contributed by atoms with Crippen molar-refractivity contribution in [1.82, 2.24) is 20.1 Å². The summed E-state index contributed by atoms with van der Waals surface area (Å²) < 4.78 is 2.09. The molecule has 0 unspecified atom stereocenters. The lowest BCUT2D eigenvalue weighted by Gasteiger charge is -2.31. The molecule has 1 N–H and O–H groups in total. The number of hydrogen-bond acceptors (Lipinski definition) is 3. The second-order valence-electron chi connectivity index (χ2n) is 6.45. The smallest absolute Gasteiger partial charge is 0.147 e. The fraction of sp³-hybridized carbons (Fsp3) is 0.750. The van der Waals surface area contributed by atoms with Crippen LogP contribution in [0.3, 0.4) is 0 Å². The van der Waals surface area contributed by atoms with Crippen LogP contribution in [0.25, 0.3) is 0 Å². The number of aryl methyl sites for hydroxylation is 2. The van der Waals surface area contributed by atoms with E-state index in [1.54, 1.807) is 5.57 Å². The van der Waals surface area contributed by atoms with E-state index in [1.807, 2.05) is 6.92 Å². The van der Waals surface area contributed by atoms with Crippen molar-refractivity contribution in [2.75, 3.05) is 6.54 Å². The van der Waals surface area contributed by atoms with Crippen LogP contribution in [0.15, 0.2) is 11.6 Å². The standard InChI is InChI=1S/C16H26N4/c1-11-6-4-7-12(2)14(11)10-17-15-8-5-9-20-16(15)18-13(3)19-20/h6,12,14-15,17H,4-5,7-10H2,1-3H3/t12-,14+,15+/m0/s1. The van der Waals surface area contributed by atoms with Gasteiger partial charge in [0.1, 0.15) is 11.6 Å². The van der Waals surface area contributed by atoms with Crippen LogP contribution in [0.4, 0.5) is 0 Å². The topological polar surface area (TPSA) is 42.7 Å². The normalized spacial score (nSPS) is 29.9. The number of fused-ring (bicyclic) bond motifs is 1. The van der Waals surface area contributed by atoms with E-state index in [0.29, 0.717) is 12.0 Å². The maximum Gasteiger partial charge on any atom is 0.147 e. The summed E-state index contributed by atoms with van der Waals surface area (Å²) in [6.07, 6.45) is 7.37. The lowest BCUT2D eigenvalue weighted by atomic mass is 9.80. The highest BCUT2D eigenvalue weighted by molar-refractivity contribution is 5.10. The van der Waals surface area contributed by atoms with Crippen LogP contribution in [-0.4, -0.2) is 21.3 Å². The average Bonchev–Trinajstić information content (AvgIpc) is 2.79. The second kappa shape index (κ2) is 5.68. The van der Waals surface area contributed by atoms with Gasteiger partial charge in [-0.1, -0.05) is 18.6 Å². The zero-order valence-electron chi connectivity index (χ0n) is 12.9. The Morgan fingerprint density at radius 2 is 2.20 bits per heavy atom. The summed E-state index contributed by atoms with van der Waals surface area (Å²) in [5, 5.41) is 8.24. The van der Waals surface area contributed by atoms with Gasteiger partial charge in [0.05, 0.1) is 6.04 Å². The highest BCUT2D eigenvalue weighted by Gasteiger charge is 2.26. The largest absolute Gasteiger partial charge is 0.307 e. The van der Waals surface area contributed by atoms with Crippen LogP contribution in [0.1, 0.15) is 57.2 Å². The molecular formula is C16H26N4. The summed E-state index contributed by atoms with van der Waals surface area (Å²) in [6.45, 7) is 8.75. The van der Waals surface area contributed by atoms with Crippen LogP contribution in [0.5, 0.6) is 0 Å². The van der Waals surface area contributed by atoms with E-state index < -0.39 is 0 Å². The third-order valence-electron chi connectivity index (χ3n) is 4.92. The summed E-state index contributed by atoms with van der Waals surface area (Å²) in [4.78, 5) is 4.61. The summed E-state index contributed by atoms with van der Waals surface area (Å²) >= 11 is 0. The van der Waals surface area contributed by atoms with Crippen LogP contribution in [0, 0.1) is 18.8 Å². The molecule has 1 aliphatic heterocycles. The first-order chi connectivity index (χ1) is 9.65. The first-order valence-corrected chi connectivity index (χ1v) is 7.96. The average molecular weight is 274 g/mol. The molecule has 1 aromatic rings. The molecular weight excluding hydrogens is 248 g/mol. The lowest BCUT2D eigenvalue weighted by Crippen LogP contribution is -2.35. The first kappa shape index (κ1) is 13.8. The fourth-order valence-corrected chi connectivity index (χ4v) is 3.67. The van der Waals surface area contributed by atoms with E-state index in [0.717, 1.165) is 30.7 Å². The quantitative estimate of drug-likeness (QED) is 0.862. The monoisotopic (exact) mass is 274 g/mol. The number of hydrogen-bond donors (Lipinski definition) is 1. The number of nitrogens with zero attached hydrogens (tertiary/aromatic N) is 3. The lowest BCUT2D eigenvalue weighted by molar-refractivity contribution is 0.305. The Hall–Kier alpha value is -1.16. The molecule has 110 valence electrons. The van der Waals surface area contributed by atoms with E-state index >= 15 is 0 Å². The molecule has 20 heavy (non-hydrogen) atoms. The predicted octanol–water partition coefficient (Wildman–Crippen LogP) is 3.00. The highest BCUT2D eigenvalue weighted by Crippen LogP contribution is 2.31. The molecule has 0 radical (unpaired) electrons. The zero-order valence-corrected chi connectivity index (χ0v) is 12.9. The van der Waals surface area contributed by atoms with Crippen molar-refractivity contribution in [1.29, 1.82) is 0 Å². The molecule has 0 bridgehead atoms. The van der Waals surface area contributed by atoms with Crippen molar-refractivity contribution < 1.29 is 0 Å². The van der Waals surface area contributed by atoms with Gasteiger partial charge < -0.3 is 5.32 Å². The van der Waals surface area contributed by atoms with Crippen molar-refractivity contribution in [3.63, 3.8) is 0 Å². The van der Waals surface area contributed by atoms with E-state index in [-0.39, 0.29) is 0 Å². The van der Waals surface area contributed by atoms with Crippen LogP contribution in [0.2, 0.25) is 0 Å². The van der Waals surface area contributed by atoms with Crippen molar-refractivity contribution in [2.24, 2.45) is 11.8 Å². The van der Waals surface area contributed by atoms with Gasteiger partial charge in [0.2, 0.25) is 0 Å². The Kier molecular flexibility index (Phi) is 3.92. The second-order valence-corrected chi connectivity index (χ2v) is 6.45. The zero-order chi connectivity index (χ0) is 14.1. The third-order valence-corrected chi connectivity index (χ3v) is 4.92. The Morgan fingerprint density at radius 1 is 1.35 bits per heavy atom. The Bertz CT molecular complexity index is 503. The van der Waals surface area contributed by atoms with Gasteiger partial charge in [-0.15, -0.1) is 0 Å². The molecule has 0 aromatic carbocycles. The van der Waals surface area contributed by atoms with Crippen molar-refractivity contribution in [3.05, 3.63) is 23.3 Å². The molecule has 1 aromatic heterocycles. The van der Waals surface area contributed by atoms with Crippen molar-refractivity contribution >= 4 is 0 Å². The van der Waals surface area contributed by atoms with Gasteiger partial charge >= 0.3 is 0 Å². The minimum atomic E-state index is 0.381. The van der Waals surface area contributed by atoms with Crippen LogP contribution < -0.4 is 5.32 Å². The van der Waals surface area contributed by atoms with Gasteiger partial charge in [0, 0.05) is 13.1 Å². The van der Waals surface area contributed by atoms with Crippen molar-refractivity contribution in [3.8, 4) is 0 Å². The van der Waals surface area contributed by atoms with Gasteiger partial charge in [0.15, 0.2) is 0 Å². The molecule has 0 spiro atoms. The Balaban J connectivity index is 1.67. The third kappa shape index (κ3) is 2.66. The molecule has 0 fully saturated rings. The van der Waals surface area contributed by atoms with E-state index in [4.69, 9.17) is 0 Å². The van der Waals surface area contributed by atoms with Crippen molar-refractivity contribution in [2.45, 2.75) is 59.0 Å².